The first kappa shape index (κ1) is 17.9. The van der Waals surface area contributed by atoms with Gasteiger partial charge in [0, 0.05) is 20.8 Å². The van der Waals surface area contributed by atoms with Crippen LogP contribution in [0.25, 0.3) is 0 Å². The minimum atomic E-state index is -0.923. The molecule has 0 spiro atoms. The van der Waals surface area contributed by atoms with Crippen molar-refractivity contribution in [1.82, 2.24) is 4.98 Å². The molecule has 1 heterocycles. The number of ether oxygens (including phenoxy) is 2. The van der Waals surface area contributed by atoms with Crippen LogP contribution in [0.3, 0.4) is 0 Å². The van der Waals surface area contributed by atoms with Crippen molar-refractivity contribution in [2.75, 3.05) is 38.9 Å². The van der Waals surface area contributed by atoms with E-state index in [4.69, 9.17) is 9.47 Å². The lowest BCUT2D eigenvalue weighted by molar-refractivity contribution is 0.0700. The molecule has 0 aromatic carbocycles. The second-order valence-electron chi connectivity index (χ2n) is 5.16. The third-order valence-corrected chi connectivity index (χ3v) is 4.20. The summed E-state index contributed by atoms with van der Waals surface area (Å²) >= 11 is 1.21. The molecule has 120 valence electrons. The fourth-order valence-corrected chi connectivity index (χ4v) is 3.20. The summed E-state index contributed by atoms with van der Waals surface area (Å²) in [6.45, 7) is 7.66. The molecule has 0 aliphatic rings. The van der Waals surface area contributed by atoms with Crippen LogP contribution in [0.1, 0.15) is 42.1 Å². The lowest BCUT2D eigenvalue weighted by Crippen LogP contribution is -2.38. The van der Waals surface area contributed by atoms with Crippen LogP contribution in [-0.4, -0.2) is 56.1 Å². The van der Waals surface area contributed by atoms with E-state index in [0.717, 1.165) is 0 Å². The van der Waals surface area contributed by atoms with Gasteiger partial charge in [0.15, 0.2) is 5.13 Å². The Hall–Kier alpha value is -1.18. The van der Waals surface area contributed by atoms with Gasteiger partial charge in [0.25, 0.3) is 0 Å². The Labute approximate surface area is 129 Å². The molecule has 1 unspecified atom stereocenters. The van der Waals surface area contributed by atoms with E-state index in [1.807, 2.05) is 25.7 Å². The smallest absolute Gasteiger partial charge is 0.347 e. The van der Waals surface area contributed by atoms with Crippen LogP contribution in [0.2, 0.25) is 0 Å². The predicted molar refractivity (Wildman–Crippen MR) is 83.7 cm³/mol. The van der Waals surface area contributed by atoms with Gasteiger partial charge in [0.2, 0.25) is 0 Å². The maximum Gasteiger partial charge on any atom is 0.347 e. The Kier molecular flexibility index (Phi) is 7.07. The Morgan fingerprint density at radius 3 is 2.43 bits per heavy atom. The maximum absolute atomic E-state index is 11.4. The molecule has 1 aromatic heterocycles. The summed E-state index contributed by atoms with van der Waals surface area (Å²) in [6.07, 6.45) is 0. The van der Waals surface area contributed by atoms with Crippen LogP contribution in [0.4, 0.5) is 5.13 Å². The molecule has 1 aromatic rings. The number of aromatic nitrogens is 1. The molecule has 0 fully saturated rings. The SMILES string of the molecule is COCCN(c1nc(C(C)C)c(C(=O)O)s1)C(C)COC. The van der Waals surface area contributed by atoms with Gasteiger partial charge in [-0.2, -0.15) is 0 Å². The number of aromatic carboxylic acids is 1. The molecule has 0 bridgehead atoms. The van der Waals surface area contributed by atoms with Crippen molar-refractivity contribution in [2.24, 2.45) is 0 Å². The molecule has 0 saturated carbocycles. The number of methoxy groups -OCH3 is 2. The molecular weight excluding hydrogens is 292 g/mol. The van der Waals surface area contributed by atoms with Gasteiger partial charge in [0.05, 0.1) is 24.9 Å². The van der Waals surface area contributed by atoms with Crippen molar-refractivity contribution in [2.45, 2.75) is 32.7 Å². The summed E-state index contributed by atoms with van der Waals surface area (Å²) in [6, 6.07) is 0.0953. The van der Waals surface area contributed by atoms with Gasteiger partial charge >= 0.3 is 5.97 Å². The lowest BCUT2D eigenvalue weighted by Gasteiger charge is -2.28. The summed E-state index contributed by atoms with van der Waals surface area (Å²) in [4.78, 5) is 18.3. The number of rotatable bonds is 9. The normalized spacial score (nSPS) is 12.7. The Bertz CT molecular complexity index is 462. The molecule has 1 N–H and O–H groups in total. The summed E-state index contributed by atoms with van der Waals surface area (Å²) in [5.74, 6) is -0.850. The van der Waals surface area contributed by atoms with E-state index in [2.05, 4.69) is 4.98 Å². The van der Waals surface area contributed by atoms with Crippen molar-refractivity contribution in [3.63, 3.8) is 0 Å². The minimum Gasteiger partial charge on any atom is -0.477 e. The van der Waals surface area contributed by atoms with Gasteiger partial charge in [-0.3, -0.25) is 0 Å². The highest BCUT2D eigenvalue weighted by molar-refractivity contribution is 7.17. The molecule has 1 atom stereocenters. The number of carboxylic acids is 1. The number of hydrogen-bond donors (Lipinski definition) is 1. The van der Waals surface area contributed by atoms with Crippen molar-refractivity contribution in [1.29, 1.82) is 0 Å². The highest BCUT2D eigenvalue weighted by atomic mass is 32.1. The van der Waals surface area contributed by atoms with E-state index in [9.17, 15) is 9.90 Å². The van der Waals surface area contributed by atoms with Gasteiger partial charge in [-0.1, -0.05) is 25.2 Å². The number of anilines is 1. The number of carbonyl (C=O) groups is 1. The van der Waals surface area contributed by atoms with E-state index >= 15 is 0 Å². The molecular formula is C14H24N2O4S. The van der Waals surface area contributed by atoms with Crippen molar-refractivity contribution in [3.8, 4) is 0 Å². The largest absolute Gasteiger partial charge is 0.477 e. The first-order chi connectivity index (χ1) is 9.92. The molecule has 0 radical (unpaired) electrons. The number of nitrogens with zero attached hydrogens (tertiary/aromatic N) is 2. The summed E-state index contributed by atoms with van der Waals surface area (Å²) in [5, 5.41) is 10.0. The van der Waals surface area contributed by atoms with Gasteiger partial charge < -0.3 is 19.5 Å². The summed E-state index contributed by atoms with van der Waals surface area (Å²) < 4.78 is 10.3. The van der Waals surface area contributed by atoms with Gasteiger partial charge in [-0.05, 0) is 12.8 Å². The van der Waals surface area contributed by atoms with Gasteiger partial charge in [-0.15, -0.1) is 0 Å². The minimum absolute atomic E-state index is 0.0723. The van der Waals surface area contributed by atoms with Crippen LogP contribution < -0.4 is 4.90 Å². The number of carboxylic acid groups (broad SMARTS) is 1. The number of hydrogen-bond acceptors (Lipinski definition) is 6. The summed E-state index contributed by atoms with van der Waals surface area (Å²) in [5.41, 5.74) is 0.634. The fourth-order valence-electron chi connectivity index (χ4n) is 2.01. The van der Waals surface area contributed by atoms with Crippen LogP contribution >= 0.6 is 11.3 Å². The highest BCUT2D eigenvalue weighted by Gasteiger charge is 2.24. The molecule has 0 saturated heterocycles. The van der Waals surface area contributed by atoms with Gasteiger partial charge in [-0.25, -0.2) is 9.78 Å². The second-order valence-corrected chi connectivity index (χ2v) is 6.14. The molecule has 0 aliphatic heterocycles. The predicted octanol–water partition coefficient (Wildman–Crippen LogP) is 2.45. The second kappa shape index (κ2) is 8.31. The van der Waals surface area contributed by atoms with Crippen LogP contribution in [0.15, 0.2) is 0 Å². The Balaban J connectivity index is 3.11. The van der Waals surface area contributed by atoms with Crippen molar-refractivity contribution < 1.29 is 19.4 Å². The first-order valence-electron chi connectivity index (χ1n) is 6.90. The third-order valence-electron chi connectivity index (χ3n) is 3.11. The summed E-state index contributed by atoms with van der Waals surface area (Å²) in [7, 11) is 3.29. The molecule has 0 amide bonds. The highest BCUT2D eigenvalue weighted by Crippen LogP contribution is 2.31. The van der Waals surface area contributed by atoms with Crippen LogP contribution in [0, 0.1) is 0 Å². The molecule has 0 aliphatic carbocycles. The molecule has 7 heteroatoms. The van der Waals surface area contributed by atoms with Crippen molar-refractivity contribution in [3.05, 3.63) is 10.6 Å². The zero-order valence-electron chi connectivity index (χ0n) is 13.3. The number of thiazole rings is 1. The average Bonchev–Trinajstić information content (AvgIpc) is 2.85. The van der Waals surface area contributed by atoms with Gasteiger partial charge in [0.1, 0.15) is 4.88 Å². The zero-order chi connectivity index (χ0) is 16.0. The van der Waals surface area contributed by atoms with E-state index in [0.29, 0.717) is 35.5 Å². The molecule has 1 rings (SSSR count). The quantitative estimate of drug-likeness (QED) is 0.754. The fraction of sp³-hybridized carbons (Fsp3) is 0.714. The lowest BCUT2D eigenvalue weighted by atomic mass is 10.1. The van der Waals surface area contributed by atoms with E-state index in [-0.39, 0.29) is 12.0 Å². The van der Waals surface area contributed by atoms with E-state index < -0.39 is 5.97 Å². The van der Waals surface area contributed by atoms with Crippen LogP contribution in [-0.2, 0) is 9.47 Å². The standard InChI is InChI=1S/C14H24N2O4S/c1-9(2)11-12(13(17)18)21-14(15-11)16(6-7-19-4)10(3)8-20-5/h9-10H,6-8H2,1-5H3,(H,17,18). The first-order valence-corrected chi connectivity index (χ1v) is 7.72. The van der Waals surface area contributed by atoms with E-state index in [1.165, 1.54) is 11.3 Å². The maximum atomic E-state index is 11.4. The third kappa shape index (κ3) is 4.66. The topological polar surface area (TPSA) is 71.9 Å². The Morgan fingerprint density at radius 2 is 2.00 bits per heavy atom. The Morgan fingerprint density at radius 1 is 1.33 bits per heavy atom. The van der Waals surface area contributed by atoms with Crippen LogP contribution in [0.5, 0.6) is 0 Å². The molecule has 6 nitrogen and oxygen atoms in total. The average molecular weight is 316 g/mol. The van der Waals surface area contributed by atoms with E-state index in [1.54, 1.807) is 14.2 Å². The zero-order valence-corrected chi connectivity index (χ0v) is 14.1. The molecule has 21 heavy (non-hydrogen) atoms. The van der Waals surface area contributed by atoms with Crippen molar-refractivity contribution >= 4 is 22.4 Å². The monoisotopic (exact) mass is 316 g/mol.